The van der Waals surface area contributed by atoms with Crippen molar-refractivity contribution in [1.29, 1.82) is 0 Å². The minimum atomic E-state index is -4.22. The van der Waals surface area contributed by atoms with Gasteiger partial charge in [0, 0.05) is 0 Å². The summed E-state index contributed by atoms with van der Waals surface area (Å²) in [5.74, 6) is -0.114. The molecule has 1 N–H and O–H groups in total. The molecule has 1 aromatic carbocycles. The van der Waals surface area contributed by atoms with Crippen LogP contribution < -0.4 is 0 Å². The third-order valence-electron chi connectivity index (χ3n) is 3.25. The number of hydrogen-bond acceptors (Lipinski definition) is 2. The van der Waals surface area contributed by atoms with Crippen LogP contribution in [0.2, 0.25) is 0 Å². The van der Waals surface area contributed by atoms with Gasteiger partial charge in [0.2, 0.25) is 0 Å². The van der Waals surface area contributed by atoms with E-state index < -0.39 is 16.3 Å². The maximum Gasteiger partial charge on any atom is 0.294 e. The van der Waals surface area contributed by atoms with Crippen molar-refractivity contribution in [3.63, 3.8) is 0 Å². The Balaban J connectivity index is 2.38. The molecule has 1 saturated carbocycles. The van der Waals surface area contributed by atoms with Crippen LogP contribution in [0.15, 0.2) is 29.2 Å². The summed E-state index contributed by atoms with van der Waals surface area (Å²) in [7, 11) is -4.22. The summed E-state index contributed by atoms with van der Waals surface area (Å²) in [5.41, 5.74) is 0.539. The molecular formula is C12H15FO3S. The van der Waals surface area contributed by atoms with E-state index in [4.69, 9.17) is 4.55 Å². The van der Waals surface area contributed by atoms with Crippen LogP contribution >= 0.6 is 0 Å². The summed E-state index contributed by atoms with van der Waals surface area (Å²) in [5, 5.41) is 0. The first kappa shape index (κ1) is 12.5. The summed E-state index contributed by atoms with van der Waals surface area (Å²) in [6.07, 6.45) is 1.54. The molecule has 2 rings (SSSR count). The summed E-state index contributed by atoms with van der Waals surface area (Å²) in [6.45, 7) is 0. The SMILES string of the molecule is O=S(=O)(O)c1ccccc1C1CCCC(F)C1. The van der Waals surface area contributed by atoms with Crippen molar-refractivity contribution in [3.05, 3.63) is 29.8 Å². The average Bonchev–Trinajstić information content (AvgIpc) is 2.28. The van der Waals surface area contributed by atoms with Crippen molar-refractivity contribution in [2.24, 2.45) is 0 Å². The van der Waals surface area contributed by atoms with Crippen LogP contribution in [-0.4, -0.2) is 19.1 Å². The van der Waals surface area contributed by atoms with Crippen LogP contribution in [-0.2, 0) is 10.1 Å². The number of benzene rings is 1. The highest BCUT2D eigenvalue weighted by Gasteiger charge is 2.27. The van der Waals surface area contributed by atoms with E-state index in [2.05, 4.69) is 0 Å². The summed E-state index contributed by atoms with van der Waals surface area (Å²) >= 11 is 0. The van der Waals surface area contributed by atoms with Gasteiger partial charge in [0.25, 0.3) is 10.1 Å². The Bertz CT molecular complexity index is 498. The van der Waals surface area contributed by atoms with Gasteiger partial charge >= 0.3 is 0 Å². The van der Waals surface area contributed by atoms with Gasteiger partial charge in [-0.05, 0) is 43.2 Å². The Morgan fingerprint density at radius 3 is 2.59 bits per heavy atom. The Labute approximate surface area is 100 Å². The molecule has 1 aliphatic carbocycles. The molecule has 2 unspecified atom stereocenters. The van der Waals surface area contributed by atoms with Gasteiger partial charge in [-0.2, -0.15) is 8.42 Å². The first-order valence-corrected chi connectivity index (χ1v) is 7.13. The van der Waals surface area contributed by atoms with Crippen molar-refractivity contribution in [1.82, 2.24) is 0 Å². The molecule has 1 aromatic rings. The largest absolute Gasteiger partial charge is 0.294 e. The fourth-order valence-corrected chi connectivity index (χ4v) is 3.25. The average molecular weight is 258 g/mol. The first-order valence-electron chi connectivity index (χ1n) is 5.69. The van der Waals surface area contributed by atoms with E-state index in [9.17, 15) is 12.8 Å². The summed E-state index contributed by atoms with van der Waals surface area (Å²) < 4.78 is 45.0. The summed E-state index contributed by atoms with van der Waals surface area (Å²) in [6, 6.07) is 6.30. The lowest BCUT2D eigenvalue weighted by Gasteiger charge is -2.25. The minimum Gasteiger partial charge on any atom is -0.282 e. The van der Waals surface area contributed by atoms with Gasteiger partial charge in [-0.25, -0.2) is 4.39 Å². The van der Waals surface area contributed by atoms with Crippen LogP contribution in [0, 0.1) is 0 Å². The highest BCUT2D eigenvalue weighted by atomic mass is 32.2. The van der Waals surface area contributed by atoms with Crippen molar-refractivity contribution < 1.29 is 17.4 Å². The van der Waals surface area contributed by atoms with Crippen LogP contribution in [0.3, 0.4) is 0 Å². The number of halogens is 1. The van der Waals surface area contributed by atoms with Gasteiger partial charge in [-0.1, -0.05) is 18.2 Å². The van der Waals surface area contributed by atoms with Crippen molar-refractivity contribution in [2.45, 2.75) is 42.7 Å². The van der Waals surface area contributed by atoms with Crippen LogP contribution in [0.1, 0.15) is 37.2 Å². The Kier molecular flexibility index (Phi) is 3.49. The lowest BCUT2D eigenvalue weighted by Crippen LogP contribution is -2.17. The molecule has 0 amide bonds. The minimum absolute atomic E-state index is 0.0842. The van der Waals surface area contributed by atoms with Crippen LogP contribution in [0.5, 0.6) is 0 Å². The predicted molar refractivity (Wildman–Crippen MR) is 62.4 cm³/mol. The van der Waals surface area contributed by atoms with Crippen molar-refractivity contribution in [2.75, 3.05) is 0 Å². The van der Waals surface area contributed by atoms with Gasteiger partial charge in [-0.3, -0.25) is 4.55 Å². The molecule has 94 valence electrons. The van der Waals surface area contributed by atoms with E-state index >= 15 is 0 Å². The number of rotatable bonds is 2. The van der Waals surface area contributed by atoms with E-state index in [0.717, 1.165) is 12.8 Å². The molecule has 5 heteroatoms. The molecule has 0 aliphatic heterocycles. The Hall–Kier alpha value is -0.940. The lowest BCUT2D eigenvalue weighted by atomic mass is 9.83. The second-order valence-corrected chi connectivity index (χ2v) is 5.86. The van der Waals surface area contributed by atoms with E-state index in [1.807, 2.05) is 0 Å². The summed E-state index contributed by atoms with van der Waals surface area (Å²) in [4.78, 5) is -0.0842. The second kappa shape index (κ2) is 4.74. The van der Waals surface area contributed by atoms with Gasteiger partial charge in [0.1, 0.15) is 6.17 Å². The maximum atomic E-state index is 13.3. The topological polar surface area (TPSA) is 54.4 Å². The van der Waals surface area contributed by atoms with E-state index in [1.54, 1.807) is 18.2 Å². The van der Waals surface area contributed by atoms with Crippen molar-refractivity contribution >= 4 is 10.1 Å². The lowest BCUT2D eigenvalue weighted by molar-refractivity contribution is 0.230. The normalized spacial score (nSPS) is 25.8. The molecular weight excluding hydrogens is 243 g/mol. The molecule has 0 saturated heterocycles. The van der Waals surface area contributed by atoms with Crippen molar-refractivity contribution in [3.8, 4) is 0 Å². The van der Waals surface area contributed by atoms with Gasteiger partial charge < -0.3 is 0 Å². The zero-order valence-electron chi connectivity index (χ0n) is 9.34. The van der Waals surface area contributed by atoms with Gasteiger partial charge in [-0.15, -0.1) is 0 Å². The Morgan fingerprint density at radius 2 is 1.94 bits per heavy atom. The molecule has 1 fully saturated rings. The standard InChI is InChI=1S/C12H15FO3S/c13-10-5-3-4-9(8-10)11-6-1-2-7-12(11)17(14,15)16/h1-2,6-7,9-10H,3-5,8H2,(H,14,15,16). The molecule has 3 nitrogen and oxygen atoms in total. The zero-order chi connectivity index (χ0) is 12.5. The second-order valence-electron chi connectivity index (χ2n) is 4.47. The molecule has 2 atom stereocenters. The van der Waals surface area contributed by atoms with Crippen LogP contribution in [0.25, 0.3) is 0 Å². The van der Waals surface area contributed by atoms with Crippen LogP contribution in [0.4, 0.5) is 4.39 Å². The molecule has 0 bridgehead atoms. The third-order valence-corrected chi connectivity index (χ3v) is 4.17. The quantitative estimate of drug-likeness (QED) is 0.830. The highest BCUT2D eigenvalue weighted by Crippen LogP contribution is 2.36. The zero-order valence-corrected chi connectivity index (χ0v) is 10.2. The first-order chi connectivity index (χ1) is 7.98. The fraction of sp³-hybridized carbons (Fsp3) is 0.500. The molecule has 0 spiro atoms. The predicted octanol–water partition coefficient (Wildman–Crippen LogP) is 2.93. The fourth-order valence-electron chi connectivity index (χ4n) is 2.47. The number of hydrogen-bond donors (Lipinski definition) is 1. The smallest absolute Gasteiger partial charge is 0.282 e. The molecule has 0 heterocycles. The molecule has 0 aromatic heterocycles. The van der Waals surface area contributed by atoms with E-state index in [-0.39, 0.29) is 10.8 Å². The number of alkyl halides is 1. The molecule has 0 radical (unpaired) electrons. The molecule has 1 aliphatic rings. The van der Waals surface area contributed by atoms with Gasteiger partial charge in [0.15, 0.2) is 0 Å². The van der Waals surface area contributed by atoms with E-state index in [1.165, 1.54) is 6.07 Å². The highest BCUT2D eigenvalue weighted by molar-refractivity contribution is 7.85. The third kappa shape index (κ3) is 2.84. The van der Waals surface area contributed by atoms with E-state index in [0.29, 0.717) is 18.4 Å². The Morgan fingerprint density at radius 1 is 1.24 bits per heavy atom. The monoisotopic (exact) mass is 258 g/mol. The molecule has 17 heavy (non-hydrogen) atoms. The van der Waals surface area contributed by atoms with Gasteiger partial charge in [0.05, 0.1) is 4.90 Å². The maximum absolute atomic E-state index is 13.3.